The Morgan fingerprint density at radius 1 is 1.25 bits per heavy atom. The summed E-state index contributed by atoms with van der Waals surface area (Å²) >= 11 is 0. The summed E-state index contributed by atoms with van der Waals surface area (Å²) in [6.45, 7) is 1.10. The van der Waals surface area contributed by atoms with Gasteiger partial charge < -0.3 is 5.32 Å². The molecule has 1 aliphatic rings. The molecule has 0 bridgehead atoms. The van der Waals surface area contributed by atoms with Crippen molar-refractivity contribution in [2.24, 2.45) is 5.92 Å². The molecule has 1 fully saturated rings. The summed E-state index contributed by atoms with van der Waals surface area (Å²) in [6, 6.07) is 7.27. The molecule has 24 heavy (non-hydrogen) atoms. The molecule has 0 saturated heterocycles. The summed E-state index contributed by atoms with van der Waals surface area (Å²) in [5.41, 5.74) is 0.602. The lowest BCUT2D eigenvalue weighted by atomic mass is 10.0. The van der Waals surface area contributed by atoms with Crippen molar-refractivity contribution >= 4 is 16.8 Å². The standard InChI is InChI=1S/C19H25N3O2/c23-18(20-12-5-8-15-6-1-2-7-15)11-13-22-14-21-17-10-4-3-9-16(17)19(22)24/h3-4,9-10,14-15H,1-2,5-8,11-13H2,(H,20,23). The van der Waals surface area contributed by atoms with E-state index in [4.69, 9.17) is 0 Å². The van der Waals surface area contributed by atoms with E-state index in [0.717, 1.165) is 18.9 Å². The summed E-state index contributed by atoms with van der Waals surface area (Å²) in [6.07, 6.45) is 9.54. The molecule has 2 aromatic rings. The van der Waals surface area contributed by atoms with E-state index in [9.17, 15) is 9.59 Å². The van der Waals surface area contributed by atoms with Gasteiger partial charge in [0.2, 0.25) is 5.91 Å². The van der Waals surface area contributed by atoms with Gasteiger partial charge in [-0.25, -0.2) is 4.98 Å². The van der Waals surface area contributed by atoms with E-state index >= 15 is 0 Å². The van der Waals surface area contributed by atoms with Gasteiger partial charge in [0.05, 0.1) is 17.2 Å². The lowest BCUT2D eigenvalue weighted by molar-refractivity contribution is -0.121. The zero-order chi connectivity index (χ0) is 16.8. The van der Waals surface area contributed by atoms with Crippen LogP contribution in [0.15, 0.2) is 35.4 Å². The number of carbonyl (C=O) groups is 1. The lowest BCUT2D eigenvalue weighted by Gasteiger charge is -2.10. The molecule has 1 saturated carbocycles. The van der Waals surface area contributed by atoms with Gasteiger partial charge >= 0.3 is 0 Å². The second-order valence-corrected chi connectivity index (χ2v) is 6.65. The summed E-state index contributed by atoms with van der Waals surface area (Å²) in [5, 5.41) is 3.55. The van der Waals surface area contributed by atoms with Crippen molar-refractivity contribution in [3.63, 3.8) is 0 Å². The fraction of sp³-hybridized carbons (Fsp3) is 0.526. The highest BCUT2D eigenvalue weighted by Crippen LogP contribution is 2.28. The molecule has 1 aliphatic carbocycles. The highest BCUT2D eigenvalue weighted by Gasteiger charge is 2.14. The van der Waals surface area contributed by atoms with Gasteiger partial charge in [0.25, 0.3) is 5.56 Å². The van der Waals surface area contributed by atoms with Crippen LogP contribution in [-0.4, -0.2) is 22.0 Å². The van der Waals surface area contributed by atoms with Crippen molar-refractivity contribution in [3.8, 4) is 0 Å². The Balaban J connectivity index is 1.44. The van der Waals surface area contributed by atoms with E-state index in [2.05, 4.69) is 10.3 Å². The smallest absolute Gasteiger partial charge is 0.261 e. The van der Waals surface area contributed by atoms with E-state index < -0.39 is 0 Å². The number of nitrogens with one attached hydrogen (secondary N) is 1. The zero-order valence-corrected chi connectivity index (χ0v) is 14.0. The van der Waals surface area contributed by atoms with Gasteiger partial charge in [-0.2, -0.15) is 0 Å². The van der Waals surface area contributed by atoms with E-state index in [1.54, 1.807) is 6.07 Å². The summed E-state index contributed by atoms with van der Waals surface area (Å²) in [4.78, 5) is 28.6. The Morgan fingerprint density at radius 2 is 2.04 bits per heavy atom. The molecule has 1 N–H and O–H groups in total. The highest BCUT2D eigenvalue weighted by molar-refractivity contribution is 5.77. The molecule has 5 nitrogen and oxygen atoms in total. The Kier molecular flexibility index (Phi) is 5.62. The normalized spacial score (nSPS) is 15.0. The van der Waals surface area contributed by atoms with Crippen molar-refractivity contribution in [1.29, 1.82) is 0 Å². The van der Waals surface area contributed by atoms with Crippen LogP contribution in [-0.2, 0) is 11.3 Å². The second-order valence-electron chi connectivity index (χ2n) is 6.65. The lowest BCUT2D eigenvalue weighted by Crippen LogP contribution is -2.28. The zero-order valence-electron chi connectivity index (χ0n) is 14.0. The Hall–Kier alpha value is -2.17. The minimum absolute atomic E-state index is 0.00137. The van der Waals surface area contributed by atoms with Crippen LogP contribution < -0.4 is 10.9 Å². The molecule has 0 aliphatic heterocycles. The summed E-state index contributed by atoms with van der Waals surface area (Å²) in [5.74, 6) is 0.866. The van der Waals surface area contributed by atoms with Gasteiger partial charge in [-0.1, -0.05) is 37.8 Å². The summed E-state index contributed by atoms with van der Waals surface area (Å²) < 4.78 is 1.51. The van der Waals surface area contributed by atoms with E-state index in [-0.39, 0.29) is 11.5 Å². The average Bonchev–Trinajstić information content (AvgIpc) is 3.12. The maximum atomic E-state index is 12.3. The third-order valence-electron chi connectivity index (χ3n) is 4.90. The Bertz CT molecular complexity index is 748. The number of para-hydroxylation sites is 1. The second kappa shape index (κ2) is 8.08. The van der Waals surface area contributed by atoms with E-state index in [1.807, 2.05) is 18.2 Å². The number of rotatable bonds is 7. The number of amides is 1. The predicted octanol–water partition coefficient (Wildman–Crippen LogP) is 2.87. The third-order valence-corrected chi connectivity index (χ3v) is 4.90. The van der Waals surface area contributed by atoms with Gasteiger partial charge in [-0.3, -0.25) is 14.2 Å². The molecular formula is C19H25N3O2. The molecule has 0 radical (unpaired) electrons. The van der Waals surface area contributed by atoms with Gasteiger partial charge in [0, 0.05) is 19.5 Å². The van der Waals surface area contributed by atoms with Crippen LogP contribution >= 0.6 is 0 Å². The maximum absolute atomic E-state index is 12.3. The fourth-order valence-electron chi connectivity index (χ4n) is 3.49. The van der Waals surface area contributed by atoms with Crippen molar-refractivity contribution in [3.05, 3.63) is 40.9 Å². The molecule has 128 valence electrons. The number of nitrogens with zero attached hydrogens (tertiary/aromatic N) is 2. The number of fused-ring (bicyclic) bond motifs is 1. The highest BCUT2D eigenvalue weighted by atomic mass is 16.1. The van der Waals surface area contributed by atoms with Gasteiger partial charge in [-0.05, 0) is 30.9 Å². The van der Waals surface area contributed by atoms with Crippen LogP contribution in [0.1, 0.15) is 44.9 Å². The van der Waals surface area contributed by atoms with Crippen LogP contribution in [0, 0.1) is 5.92 Å². The van der Waals surface area contributed by atoms with Crippen molar-refractivity contribution in [2.45, 2.75) is 51.5 Å². The summed E-state index contributed by atoms with van der Waals surface area (Å²) in [7, 11) is 0. The molecule has 1 aromatic heterocycles. The molecule has 0 unspecified atom stereocenters. The number of carbonyl (C=O) groups excluding carboxylic acids is 1. The van der Waals surface area contributed by atoms with Crippen molar-refractivity contribution in [1.82, 2.24) is 14.9 Å². The van der Waals surface area contributed by atoms with Crippen LogP contribution in [0.4, 0.5) is 0 Å². The molecule has 3 rings (SSSR count). The monoisotopic (exact) mass is 327 g/mol. The van der Waals surface area contributed by atoms with Gasteiger partial charge in [0.15, 0.2) is 0 Å². The van der Waals surface area contributed by atoms with Crippen LogP contribution in [0.3, 0.4) is 0 Å². The van der Waals surface area contributed by atoms with Crippen LogP contribution in [0.25, 0.3) is 10.9 Å². The first kappa shape index (κ1) is 16.7. The molecular weight excluding hydrogens is 302 g/mol. The van der Waals surface area contributed by atoms with Crippen molar-refractivity contribution in [2.75, 3.05) is 6.54 Å². The minimum atomic E-state index is -0.0883. The van der Waals surface area contributed by atoms with E-state index in [0.29, 0.717) is 23.9 Å². The first-order valence-electron chi connectivity index (χ1n) is 8.95. The quantitative estimate of drug-likeness (QED) is 0.795. The Labute approximate surface area is 142 Å². The number of benzene rings is 1. The molecule has 5 heteroatoms. The first-order valence-corrected chi connectivity index (χ1v) is 8.95. The fourth-order valence-corrected chi connectivity index (χ4v) is 3.49. The number of hydrogen-bond acceptors (Lipinski definition) is 3. The molecule has 0 atom stereocenters. The minimum Gasteiger partial charge on any atom is -0.356 e. The molecule has 1 aromatic carbocycles. The first-order chi connectivity index (χ1) is 11.7. The molecule has 1 amide bonds. The maximum Gasteiger partial charge on any atom is 0.261 e. The Morgan fingerprint density at radius 3 is 2.88 bits per heavy atom. The predicted molar refractivity (Wildman–Crippen MR) is 94.8 cm³/mol. The molecule has 0 spiro atoms. The van der Waals surface area contributed by atoms with Crippen molar-refractivity contribution < 1.29 is 4.79 Å². The largest absolute Gasteiger partial charge is 0.356 e. The topological polar surface area (TPSA) is 64.0 Å². The average molecular weight is 327 g/mol. The number of aromatic nitrogens is 2. The van der Waals surface area contributed by atoms with Crippen LogP contribution in [0.5, 0.6) is 0 Å². The van der Waals surface area contributed by atoms with E-state index in [1.165, 1.54) is 43.0 Å². The van der Waals surface area contributed by atoms with Gasteiger partial charge in [0.1, 0.15) is 0 Å². The molecule has 1 heterocycles. The van der Waals surface area contributed by atoms with Crippen LogP contribution in [0.2, 0.25) is 0 Å². The SMILES string of the molecule is O=C(CCn1cnc2ccccc2c1=O)NCCCC1CCCC1. The number of aryl methyl sites for hydroxylation is 1. The third kappa shape index (κ3) is 4.22. The number of hydrogen-bond donors (Lipinski definition) is 1. The van der Waals surface area contributed by atoms with Gasteiger partial charge in [-0.15, -0.1) is 0 Å².